The average Bonchev–Trinajstić information content (AvgIpc) is 2.44. The summed E-state index contributed by atoms with van der Waals surface area (Å²) in [5.41, 5.74) is -0.0934. The first-order valence-corrected chi connectivity index (χ1v) is 7.71. The predicted octanol–water partition coefficient (Wildman–Crippen LogP) is 1.46. The molecule has 0 unspecified atom stereocenters. The Morgan fingerprint density at radius 1 is 1.35 bits per heavy atom. The number of rotatable bonds is 8. The van der Waals surface area contributed by atoms with Gasteiger partial charge >= 0.3 is 0 Å². The molecular formula is C14H22BrN3O2. The number of amides is 1. The summed E-state index contributed by atoms with van der Waals surface area (Å²) < 4.78 is 2.37. The highest BCUT2D eigenvalue weighted by Gasteiger charge is 2.04. The Morgan fingerprint density at radius 3 is 2.70 bits per heavy atom. The van der Waals surface area contributed by atoms with E-state index in [1.807, 2.05) is 0 Å². The molecule has 0 aromatic carbocycles. The van der Waals surface area contributed by atoms with Crippen LogP contribution in [0.4, 0.5) is 0 Å². The fourth-order valence-corrected chi connectivity index (χ4v) is 2.26. The maximum atomic E-state index is 11.7. The first-order valence-electron chi connectivity index (χ1n) is 6.91. The first-order chi connectivity index (χ1) is 9.56. The molecule has 0 saturated carbocycles. The van der Waals surface area contributed by atoms with E-state index in [1.165, 1.54) is 10.6 Å². The standard InChI is InChI=1S/C14H22BrN3O2/c1-3-17(4-2)10-8-16-13(19)7-9-18-11-12(15)5-6-14(18)20/h5-6,11H,3-4,7-10H2,1-2H3,(H,16,19). The smallest absolute Gasteiger partial charge is 0.250 e. The number of nitrogens with one attached hydrogen (secondary N) is 1. The molecule has 1 heterocycles. The number of aromatic nitrogens is 1. The molecule has 0 spiro atoms. The van der Waals surface area contributed by atoms with Crippen LogP contribution in [0.1, 0.15) is 20.3 Å². The van der Waals surface area contributed by atoms with Crippen LogP contribution in [0.3, 0.4) is 0 Å². The molecule has 0 aliphatic heterocycles. The zero-order valence-electron chi connectivity index (χ0n) is 12.1. The number of halogens is 1. The zero-order valence-corrected chi connectivity index (χ0v) is 13.6. The van der Waals surface area contributed by atoms with Crippen LogP contribution < -0.4 is 10.9 Å². The molecule has 1 amide bonds. The van der Waals surface area contributed by atoms with Gasteiger partial charge in [-0.15, -0.1) is 0 Å². The van der Waals surface area contributed by atoms with Gasteiger partial charge in [0.2, 0.25) is 5.91 Å². The lowest BCUT2D eigenvalue weighted by molar-refractivity contribution is -0.121. The summed E-state index contributed by atoms with van der Waals surface area (Å²) in [4.78, 5) is 25.5. The monoisotopic (exact) mass is 343 g/mol. The van der Waals surface area contributed by atoms with Crippen molar-refractivity contribution in [3.8, 4) is 0 Å². The predicted molar refractivity (Wildman–Crippen MR) is 83.8 cm³/mol. The topological polar surface area (TPSA) is 54.3 Å². The van der Waals surface area contributed by atoms with Crippen LogP contribution in [0, 0.1) is 0 Å². The van der Waals surface area contributed by atoms with Gasteiger partial charge in [0, 0.05) is 42.8 Å². The molecule has 112 valence electrons. The third-order valence-corrected chi connectivity index (χ3v) is 3.64. The zero-order chi connectivity index (χ0) is 15.0. The maximum absolute atomic E-state index is 11.7. The van der Waals surface area contributed by atoms with Crippen molar-refractivity contribution in [1.82, 2.24) is 14.8 Å². The van der Waals surface area contributed by atoms with Crippen molar-refractivity contribution in [1.29, 1.82) is 0 Å². The second kappa shape index (κ2) is 8.92. The normalized spacial score (nSPS) is 10.8. The number of nitrogens with zero attached hydrogens (tertiary/aromatic N) is 2. The number of pyridine rings is 1. The van der Waals surface area contributed by atoms with Gasteiger partial charge in [-0.2, -0.15) is 0 Å². The van der Waals surface area contributed by atoms with E-state index in [4.69, 9.17) is 0 Å². The molecule has 0 aliphatic carbocycles. The summed E-state index contributed by atoms with van der Waals surface area (Å²) in [5, 5.41) is 2.88. The minimum absolute atomic E-state index is 0.0240. The van der Waals surface area contributed by atoms with E-state index in [-0.39, 0.29) is 11.5 Å². The Hall–Kier alpha value is -1.14. The van der Waals surface area contributed by atoms with Crippen molar-refractivity contribution in [3.05, 3.63) is 33.2 Å². The number of hydrogen-bond donors (Lipinski definition) is 1. The molecule has 0 bridgehead atoms. The quantitative estimate of drug-likeness (QED) is 0.777. The molecule has 0 fully saturated rings. The van der Waals surface area contributed by atoms with Gasteiger partial charge < -0.3 is 14.8 Å². The lowest BCUT2D eigenvalue weighted by atomic mass is 10.3. The lowest BCUT2D eigenvalue weighted by Gasteiger charge is -2.18. The Kier molecular flexibility index (Phi) is 7.54. The Morgan fingerprint density at radius 2 is 2.05 bits per heavy atom. The summed E-state index contributed by atoms with van der Waals surface area (Å²) in [6, 6.07) is 3.19. The molecule has 1 aromatic heterocycles. The van der Waals surface area contributed by atoms with Gasteiger partial charge in [-0.1, -0.05) is 13.8 Å². The van der Waals surface area contributed by atoms with Crippen LogP contribution in [0.2, 0.25) is 0 Å². The van der Waals surface area contributed by atoms with Crippen LogP contribution in [0.5, 0.6) is 0 Å². The van der Waals surface area contributed by atoms with Crippen LogP contribution in [0.15, 0.2) is 27.6 Å². The van der Waals surface area contributed by atoms with Crippen molar-refractivity contribution < 1.29 is 4.79 Å². The van der Waals surface area contributed by atoms with E-state index >= 15 is 0 Å². The number of carbonyl (C=O) groups is 1. The van der Waals surface area contributed by atoms with E-state index in [0.717, 1.165) is 24.1 Å². The molecule has 0 aliphatic rings. The summed E-state index contributed by atoms with van der Waals surface area (Å²) in [6.45, 7) is 8.08. The molecule has 5 nitrogen and oxygen atoms in total. The van der Waals surface area contributed by atoms with Crippen LogP contribution in [-0.2, 0) is 11.3 Å². The van der Waals surface area contributed by atoms with Crippen LogP contribution in [-0.4, -0.2) is 41.6 Å². The highest BCUT2D eigenvalue weighted by atomic mass is 79.9. The second-order valence-corrected chi connectivity index (χ2v) is 5.42. The van der Waals surface area contributed by atoms with Crippen molar-refractivity contribution in [3.63, 3.8) is 0 Å². The number of aryl methyl sites for hydroxylation is 1. The van der Waals surface area contributed by atoms with E-state index in [1.54, 1.807) is 12.3 Å². The molecule has 6 heteroatoms. The molecule has 1 N–H and O–H groups in total. The third-order valence-electron chi connectivity index (χ3n) is 3.17. The van der Waals surface area contributed by atoms with Gasteiger partial charge in [0.25, 0.3) is 5.56 Å². The average molecular weight is 344 g/mol. The van der Waals surface area contributed by atoms with Crippen molar-refractivity contribution >= 4 is 21.8 Å². The fourth-order valence-electron chi connectivity index (χ4n) is 1.88. The van der Waals surface area contributed by atoms with Gasteiger partial charge in [0.1, 0.15) is 0 Å². The first kappa shape index (κ1) is 16.9. The largest absolute Gasteiger partial charge is 0.355 e. The number of carbonyl (C=O) groups excluding carboxylic acids is 1. The lowest BCUT2D eigenvalue weighted by Crippen LogP contribution is -2.35. The minimum atomic E-state index is -0.0934. The van der Waals surface area contributed by atoms with Gasteiger partial charge in [-0.3, -0.25) is 9.59 Å². The van der Waals surface area contributed by atoms with Gasteiger partial charge in [0.15, 0.2) is 0 Å². The number of likely N-dealkylation sites (N-methyl/N-ethyl adjacent to an activating group) is 1. The van der Waals surface area contributed by atoms with Crippen LogP contribution in [0.25, 0.3) is 0 Å². The SMILES string of the molecule is CCN(CC)CCNC(=O)CCn1cc(Br)ccc1=O. The Bertz CT molecular complexity index is 484. The highest BCUT2D eigenvalue weighted by Crippen LogP contribution is 2.05. The summed E-state index contributed by atoms with van der Waals surface area (Å²) in [7, 11) is 0. The Labute approximate surface area is 128 Å². The highest BCUT2D eigenvalue weighted by molar-refractivity contribution is 9.10. The number of hydrogen-bond acceptors (Lipinski definition) is 3. The van der Waals surface area contributed by atoms with Crippen molar-refractivity contribution in [2.45, 2.75) is 26.8 Å². The fraction of sp³-hybridized carbons (Fsp3) is 0.571. The van der Waals surface area contributed by atoms with Crippen molar-refractivity contribution in [2.24, 2.45) is 0 Å². The Balaban J connectivity index is 2.33. The van der Waals surface area contributed by atoms with E-state index in [2.05, 4.69) is 40.0 Å². The third kappa shape index (κ3) is 5.88. The van der Waals surface area contributed by atoms with E-state index < -0.39 is 0 Å². The minimum Gasteiger partial charge on any atom is -0.355 e. The maximum Gasteiger partial charge on any atom is 0.250 e. The van der Waals surface area contributed by atoms with E-state index in [9.17, 15) is 9.59 Å². The summed E-state index contributed by atoms with van der Waals surface area (Å²) in [6.07, 6.45) is 2.01. The molecule has 0 saturated heterocycles. The van der Waals surface area contributed by atoms with Crippen molar-refractivity contribution in [2.75, 3.05) is 26.2 Å². The summed E-state index contributed by atoms with van der Waals surface area (Å²) in [5.74, 6) is -0.0240. The molecule has 20 heavy (non-hydrogen) atoms. The summed E-state index contributed by atoms with van der Waals surface area (Å²) >= 11 is 3.31. The molecule has 1 aromatic rings. The van der Waals surface area contributed by atoms with Crippen LogP contribution >= 0.6 is 15.9 Å². The molecular weight excluding hydrogens is 322 g/mol. The molecule has 0 radical (unpaired) electrons. The second-order valence-electron chi connectivity index (χ2n) is 4.51. The van der Waals surface area contributed by atoms with Gasteiger partial charge in [-0.25, -0.2) is 0 Å². The molecule has 0 atom stereocenters. The van der Waals surface area contributed by atoms with Gasteiger partial charge in [-0.05, 0) is 35.1 Å². The van der Waals surface area contributed by atoms with E-state index in [0.29, 0.717) is 19.5 Å². The van der Waals surface area contributed by atoms with Gasteiger partial charge in [0.05, 0.1) is 0 Å². The molecule has 1 rings (SSSR count).